The lowest BCUT2D eigenvalue weighted by molar-refractivity contribution is -0.115. The smallest absolute Gasteiger partial charge is 0.297 e. The van der Waals surface area contributed by atoms with E-state index in [0.717, 1.165) is 62.4 Å². The number of nitrogens with zero attached hydrogens (tertiary/aromatic N) is 4. The van der Waals surface area contributed by atoms with Gasteiger partial charge in [-0.1, -0.05) is 193 Å². The fraction of sp³-hybridized carbons (Fsp3) is 0.615. The lowest BCUT2D eigenvalue weighted by Crippen LogP contribution is -2.28. The first kappa shape index (κ1) is 46.9. The first-order chi connectivity index (χ1) is 29.3. The molecule has 1 aliphatic rings. The normalized spacial score (nSPS) is 14.3. The average Bonchev–Trinajstić information content (AvgIpc) is 3.69. The maximum Gasteiger partial charge on any atom is 0.297 e. The largest absolute Gasteiger partial charge is 0.494 e. The molecule has 2 N–H and O–H groups in total. The fourth-order valence-electron chi connectivity index (χ4n) is 9.46. The molecule has 0 saturated carbocycles. The molecule has 8 nitrogen and oxygen atoms in total. The second-order valence-electron chi connectivity index (χ2n) is 17.7. The molecular weight excluding hydrogens is 745 g/mol. The molecule has 0 spiro atoms. The maximum atomic E-state index is 14.1. The second-order valence-corrected chi connectivity index (χ2v) is 17.7. The Hall–Kier alpha value is -4.20. The lowest BCUT2D eigenvalue weighted by atomic mass is 9.94. The standard InChI is InChI=1S/C52H76N4O4/c1-5-9-13-17-19-23-31-39(29-21-15-11-7-3)37-55-43-35-27-25-33-41(43)45(51(55)59)47-49(57)54-48(50(58)53-47)46-42-34-26-28-36-44(42)56(52(46)60)38-40(30-22-16-12-8-4)32-24-20-18-14-10-6-2/h25-28,33-36,39-40,59-60H,5-24,29-32,37-38H2,1-4H3. The Morgan fingerprint density at radius 2 is 0.750 bits per heavy atom. The molecule has 8 heteroatoms. The molecule has 4 aromatic rings. The number of benzene rings is 2. The molecule has 60 heavy (non-hydrogen) atoms. The van der Waals surface area contributed by atoms with E-state index >= 15 is 0 Å². The number of aliphatic imine (C=N–C) groups is 2. The molecular formula is C52H76N4O4. The summed E-state index contributed by atoms with van der Waals surface area (Å²) in [6.07, 6.45) is 28.7. The lowest BCUT2D eigenvalue weighted by Gasteiger charge is -2.19. The molecule has 3 heterocycles. The Labute approximate surface area is 361 Å². The number of para-hydroxylation sites is 2. The van der Waals surface area contributed by atoms with Crippen LogP contribution in [-0.2, 0) is 22.7 Å². The minimum atomic E-state index is -0.695. The number of hydrogen-bond donors (Lipinski definition) is 2. The van der Waals surface area contributed by atoms with Crippen LogP contribution in [0, 0.1) is 11.8 Å². The van der Waals surface area contributed by atoms with Crippen LogP contribution in [0.4, 0.5) is 0 Å². The van der Waals surface area contributed by atoms with Crippen LogP contribution >= 0.6 is 0 Å². The number of aromatic nitrogens is 2. The third-order valence-electron chi connectivity index (χ3n) is 12.9. The number of carbonyl (C=O) groups excluding carboxylic acids is 2. The van der Waals surface area contributed by atoms with Crippen molar-refractivity contribution in [2.24, 2.45) is 21.8 Å². The molecule has 2 amide bonds. The van der Waals surface area contributed by atoms with Crippen molar-refractivity contribution >= 4 is 45.0 Å². The predicted molar refractivity (Wildman–Crippen MR) is 251 cm³/mol. The van der Waals surface area contributed by atoms with Crippen molar-refractivity contribution < 1.29 is 19.8 Å². The summed E-state index contributed by atoms with van der Waals surface area (Å²) in [4.78, 5) is 37.1. The van der Waals surface area contributed by atoms with E-state index in [1.807, 2.05) is 57.7 Å². The van der Waals surface area contributed by atoms with Crippen molar-refractivity contribution in [1.29, 1.82) is 0 Å². The molecule has 0 aliphatic carbocycles. The van der Waals surface area contributed by atoms with E-state index in [1.165, 1.54) is 103 Å². The van der Waals surface area contributed by atoms with Crippen LogP contribution in [0.3, 0.4) is 0 Å². The van der Waals surface area contributed by atoms with E-state index in [0.29, 0.717) is 35.7 Å². The number of rotatable bonds is 30. The summed E-state index contributed by atoms with van der Waals surface area (Å²) in [7, 11) is 0. The molecule has 5 rings (SSSR count). The molecule has 2 aromatic carbocycles. The van der Waals surface area contributed by atoms with E-state index in [4.69, 9.17) is 0 Å². The zero-order chi connectivity index (χ0) is 42.7. The van der Waals surface area contributed by atoms with Crippen molar-refractivity contribution in [2.75, 3.05) is 0 Å². The Morgan fingerprint density at radius 1 is 0.450 bits per heavy atom. The summed E-state index contributed by atoms with van der Waals surface area (Å²) in [5.74, 6) is -0.741. The number of hydrogen-bond acceptors (Lipinski definition) is 4. The summed E-state index contributed by atoms with van der Waals surface area (Å²) in [5.41, 5.74) is 1.83. The van der Waals surface area contributed by atoms with Gasteiger partial charge in [0.05, 0.1) is 22.2 Å². The van der Waals surface area contributed by atoms with Gasteiger partial charge in [-0.25, -0.2) is 9.98 Å². The Kier molecular flexibility index (Phi) is 19.5. The Bertz CT molecular complexity index is 1870. The summed E-state index contributed by atoms with van der Waals surface area (Å²) >= 11 is 0. The number of fused-ring (bicyclic) bond motifs is 2. The Balaban J connectivity index is 1.42. The molecule has 2 aromatic heterocycles. The monoisotopic (exact) mass is 821 g/mol. The summed E-state index contributed by atoms with van der Waals surface area (Å²) in [6, 6.07) is 15.4. The third-order valence-corrected chi connectivity index (χ3v) is 12.9. The van der Waals surface area contributed by atoms with Crippen molar-refractivity contribution in [1.82, 2.24) is 9.13 Å². The van der Waals surface area contributed by atoms with Crippen LogP contribution < -0.4 is 0 Å². The highest BCUT2D eigenvalue weighted by Gasteiger charge is 2.35. The van der Waals surface area contributed by atoms with Gasteiger partial charge in [-0.15, -0.1) is 0 Å². The second kappa shape index (κ2) is 24.9. The number of carbonyl (C=O) groups is 2. The summed E-state index contributed by atoms with van der Waals surface area (Å²) < 4.78 is 3.85. The maximum absolute atomic E-state index is 14.1. The van der Waals surface area contributed by atoms with E-state index < -0.39 is 11.8 Å². The minimum absolute atomic E-state index is 0.0500. The molecule has 2 atom stereocenters. The minimum Gasteiger partial charge on any atom is -0.494 e. The van der Waals surface area contributed by atoms with Crippen molar-refractivity contribution in [2.45, 2.75) is 195 Å². The van der Waals surface area contributed by atoms with Crippen LogP contribution in [0.1, 0.15) is 193 Å². The van der Waals surface area contributed by atoms with Gasteiger partial charge in [-0.05, 0) is 49.7 Å². The van der Waals surface area contributed by atoms with E-state index in [-0.39, 0.29) is 34.3 Å². The topological polar surface area (TPSA) is 109 Å². The number of unbranched alkanes of at least 4 members (excludes halogenated alkanes) is 16. The zero-order valence-electron chi connectivity index (χ0n) is 37.7. The number of aromatic hydroxyl groups is 2. The van der Waals surface area contributed by atoms with E-state index in [2.05, 4.69) is 37.7 Å². The van der Waals surface area contributed by atoms with Gasteiger partial charge in [0.25, 0.3) is 11.8 Å². The molecule has 0 saturated heterocycles. The van der Waals surface area contributed by atoms with Crippen LogP contribution in [0.2, 0.25) is 0 Å². The first-order valence-corrected chi connectivity index (χ1v) is 24.2. The molecule has 2 unspecified atom stereocenters. The van der Waals surface area contributed by atoms with Crippen molar-refractivity contribution in [3.05, 3.63) is 59.7 Å². The zero-order valence-corrected chi connectivity index (χ0v) is 37.7. The number of amides is 2. The molecule has 1 aliphatic heterocycles. The van der Waals surface area contributed by atoms with Crippen molar-refractivity contribution in [3.63, 3.8) is 0 Å². The quantitative estimate of drug-likeness (QED) is 0.0511. The van der Waals surface area contributed by atoms with Crippen LogP contribution in [0.25, 0.3) is 21.8 Å². The molecule has 0 radical (unpaired) electrons. The van der Waals surface area contributed by atoms with Crippen LogP contribution in [0.15, 0.2) is 58.5 Å². The van der Waals surface area contributed by atoms with Crippen LogP contribution in [-0.4, -0.2) is 42.6 Å². The summed E-state index contributed by atoms with van der Waals surface area (Å²) in [5, 5.41) is 25.3. The van der Waals surface area contributed by atoms with Gasteiger partial charge in [0.15, 0.2) is 0 Å². The van der Waals surface area contributed by atoms with E-state index in [9.17, 15) is 19.8 Å². The predicted octanol–water partition coefficient (Wildman–Crippen LogP) is 14.0. The van der Waals surface area contributed by atoms with Gasteiger partial charge in [-0.2, -0.15) is 0 Å². The van der Waals surface area contributed by atoms with Gasteiger partial charge in [0, 0.05) is 23.9 Å². The van der Waals surface area contributed by atoms with E-state index in [1.54, 1.807) is 0 Å². The highest BCUT2D eigenvalue weighted by atomic mass is 16.3. The van der Waals surface area contributed by atoms with Gasteiger partial charge in [0.2, 0.25) is 11.8 Å². The van der Waals surface area contributed by atoms with Crippen LogP contribution in [0.5, 0.6) is 11.8 Å². The average molecular weight is 821 g/mol. The van der Waals surface area contributed by atoms with Crippen molar-refractivity contribution in [3.8, 4) is 11.8 Å². The molecule has 0 bridgehead atoms. The molecule has 328 valence electrons. The van der Waals surface area contributed by atoms with Gasteiger partial charge in [0.1, 0.15) is 11.4 Å². The molecule has 0 fully saturated rings. The van der Waals surface area contributed by atoms with Gasteiger partial charge in [-0.3, -0.25) is 9.59 Å². The third kappa shape index (κ3) is 12.4. The highest BCUT2D eigenvalue weighted by Crippen LogP contribution is 2.38. The van der Waals surface area contributed by atoms with Gasteiger partial charge < -0.3 is 19.3 Å². The fourth-order valence-corrected chi connectivity index (χ4v) is 9.46. The highest BCUT2D eigenvalue weighted by molar-refractivity contribution is 6.61. The SMILES string of the molecule is CCCCCCCCC(CCCCCC)Cn1c(O)c(C2=NC(=O)C(c3c(O)n(CC(CCCCCC)CCCCCCCC)c4ccccc34)=NC2=O)c2ccccc21. The van der Waals surface area contributed by atoms with Gasteiger partial charge >= 0.3 is 0 Å². The summed E-state index contributed by atoms with van der Waals surface area (Å²) in [6.45, 7) is 10.2. The first-order valence-electron chi connectivity index (χ1n) is 24.2. The Morgan fingerprint density at radius 3 is 1.10 bits per heavy atom.